The molecule has 2 heterocycles. The highest BCUT2D eigenvalue weighted by molar-refractivity contribution is 5.65. The Balaban J connectivity index is 1.55. The molecule has 2 aromatic rings. The van der Waals surface area contributed by atoms with Gasteiger partial charge in [-0.3, -0.25) is 0 Å². The number of imidazole rings is 1. The molecule has 2 aromatic heterocycles. The molecule has 0 atom stereocenters. The lowest BCUT2D eigenvalue weighted by Crippen LogP contribution is -2.19. The molecule has 0 amide bonds. The molecule has 0 saturated heterocycles. The summed E-state index contributed by atoms with van der Waals surface area (Å²) in [5, 5.41) is 6.95. The topological polar surface area (TPSA) is 54.2 Å². The van der Waals surface area contributed by atoms with E-state index in [1.807, 2.05) is 23.0 Å². The number of fused-ring (bicyclic) bond motifs is 1. The summed E-state index contributed by atoms with van der Waals surface area (Å²) in [5.41, 5.74) is 1.49. The van der Waals surface area contributed by atoms with Crippen LogP contribution >= 0.6 is 0 Å². The number of aromatic nitrogens is 3. The Bertz CT molecular complexity index is 639. The summed E-state index contributed by atoms with van der Waals surface area (Å²) in [7, 11) is 0. The summed E-state index contributed by atoms with van der Waals surface area (Å²) >= 11 is 0. The minimum atomic E-state index is 0.568. The maximum atomic E-state index is 4.72. The van der Waals surface area contributed by atoms with Crippen LogP contribution in [-0.2, 0) is 0 Å². The van der Waals surface area contributed by atoms with Crippen LogP contribution in [0.1, 0.15) is 39.0 Å². The lowest BCUT2D eigenvalue weighted by atomic mass is 10.0. The SMILES string of the molecule is CCCNc1cn2ccnc2c(NCC2(C3CC3)CC2)n1. The molecule has 2 aliphatic carbocycles. The van der Waals surface area contributed by atoms with Crippen molar-refractivity contribution in [2.75, 3.05) is 23.7 Å². The second kappa shape index (κ2) is 4.90. The van der Waals surface area contributed by atoms with E-state index in [9.17, 15) is 0 Å². The summed E-state index contributed by atoms with van der Waals surface area (Å²) in [6, 6.07) is 0. The monoisotopic (exact) mass is 285 g/mol. The van der Waals surface area contributed by atoms with E-state index < -0.39 is 0 Å². The van der Waals surface area contributed by atoms with Crippen molar-refractivity contribution in [1.29, 1.82) is 0 Å². The van der Waals surface area contributed by atoms with Gasteiger partial charge in [0.05, 0.1) is 6.20 Å². The number of nitrogens with one attached hydrogen (secondary N) is 2. The Labute approximate surface area is 125 Å². The van der Waals surface area contributed by atoms with Crippen molar-refractivity contribution in [2.24, 2.45) is 11.3 Å². The fourth-order valence-corrected chi connectivity index (χ4v) is 3.23. The Morgan fingerprint density at radius 1 is 1.33 bits per heavy atom. The van der Waals surface area contributed by atoms with E-state index in [4.69, 9.17) is 4.98 Å². The lowest BCUT2D eigenvalue weighted by Gasteiger charge is -2.16. The van der Waals surface area contributed by atoms with Gasteiger partial charge in [0.15, 0.2) is 11.5 Å². The van der Waals surface area contributed by atoms with E-state index in [0.29, 0.717) is 5.41 Å². The van der Waals surface area contributed by atoms with Gasteiger partial charge in [0.2, 0.25) is 0 Å². The predicted molar refractivity (Wildman–Crippen MR) is 84.6 cm³/mol. The van der Waals surface area contributed by atoms with Crippen LogP contribution < -0.4 is 10.6 Å². The number of anilines is 2. The maximum absolute atomic E-state index is 4.72. The second-order valence-corrected chi connectivity index (χ2v) is 6.55. The van der Waals surface area contributed by atoms with Crippen molar-refractivity contribution >= 4 is 17.3 Å². The van der Waals surface area contributed by atoms with Crippen LogP contribution in [0.3, 0.4) is 0 Å². The lowest BCUT2D eigenvalue weighted by molar-refractivity contribution is 0.466. The standard InChI is InChI=1S/C16H23N5/c1-2-7-17-13-10-21-9-8-18-15(21)14(20-13)19-11-16(5-6-16)12-3-4-12/h8-10,12,17H,2-7,11H2,1H3,(H,19,20). The minimum absolute atomic E-state index is 0.568. The van der Waals surface area contributed by atoms with Crippen LogP contribution in [0.15, 0.2) is 18.6 Å². The summed E-state index contributed by atoms with van der Waals surface area (Å²) in [4.78, 5) is 9.15. The van der Waals surface area contributed by atoms with E-state index in [1.54, 1.807) is 0 Å². The molecule has 4 rings (SSSR count). The molecule has 0 unspecified atom stereocenters. The van der Waals surface area contributed by atoms with Crippen molar-refractivity contribution in [3.63, 3.8) is 0 Å². The Morgan fingerprint density at radius 3 is 2.90 bits per heavy atom. The van der Waals surface area contributed by atoms with Crippen molar-refractivity contribution < 1.29 is 0 Å². The molecule has 0 spiro atoms. The quantitative estimate of drug-likeness (QED) is 0.820. The summed E-state index contributed by atoms with van der Waals surface area (Å²) in [6.07, 6.45) is 12.5. The third-order valence-electron chi connectivity index (χ3n) is 4.87. The van der Waals surface area contributed by atoms with Crippen LogP contribution in [-0.4, -0.2) is 27.5 Å². The maximum Gasteiger partial charge on any atom is 0.180 e. The molecule has 2 fully saturated rings. The summed E-state index contributed by atoms with van der Waals surface area (Å²) < 4.78 is 2.05. The molecule has 2 saturated carbocycles. The molecule has 0 bridgehead atoms. The van der Waals surface area contributed by atoms with Crippen molar-refractivity contribution in [3.8, 4) is 0 Å². The molecule has 5 heteroatoms. The number of hydrogen-bond acceptors (Lipinski definition) is 4. The molecule has 0 aromatic carbocycles. The van der Waals surface area contributed by atoms with Crippen molar-refractivity contribution in [2.45, 2.75) is 39.0 Å². The highest BCUT2D eigenvalue weighted by atomic mass is 15.1. The molecular formula is C16H23N5. The van der Waals surface area contributed by atoms with Gasteiger partial charge in [-0.2, -0.15) is 0 Å². The highest BCUT2D eigenvalue weighted by Crippen LogP contribution is 2.61. The normalized spacial score (nSPS) is 19.7. The van der Waals surface area contributed by atoms with E-state index in [0.717, 1.165) is 42.7 Å². The van der Waals surface area contributed by atoms with Crippen LogP contribution in [0.2, 0.25) is 0 Å². The first-order chi connectivity index (χ1) is 10.3. The molecule has 2 aliphatic rings. The fraction of sp³-hybridized carbons (Fsp3) is 0.625. The molecule has 112 valence electrons. The zero-order chi connectivity index (χ0) is 14.3. The second-order valence-electron chi connectivity index (χ2n) is 6.55. The number of hydrogen-bond donors (Lipinski definition) is 2. The Kier molecular flexibility index (Phi) is 3.01. The van der Waals surface area contributed by atoms with Gasteiger partial charge >= 0.3 is 0 Å². The largest absolute Gasteiger partial charge is 0.369 e. The third-order valence-corrected chi connectivity index (χ3v) is 4.87. The van der Waals surface area contributed by atoms with E-state index in [1.165, 1.54) is 25.7 Å². The third kappa shape index (κ3) is 2.45. The van der Waals surface area contributed by atoms with E-state index in [-0.39, 0.29) is 0 Å². The van der Waals surface area contributed by atoms with Gasteiger partial charge in [-0.05, 0) is 43.4 Å². The first kappa shape index (κ1) is 12.9. The van der Waals surface area contributed by atoms with Crippen molar-refractivity contribution in [3.05, 3.63) is 18.6 Å². The molecular weight excluding hydrogens is 262 g/mol. The predicted octanol–water partition coefficient (Wildman–Crippen LogP) is 3.15. The molecule has 0 radical (unpaired) electrons. The van der Waals surface area contributed by atoms with E-state index in [2.05, 4.69) is 22.5 Å². The first-order valence-corrected chi connectivity index (χ1v) is 8.12. The van der Waals surface area contributed by atoms with Gasteiger partial charge in [-0.25, -0.2) is 9.97 Å². The average molecular weight is 285 g/mol. The summed E-state index contributed by atoms with van der Waals surface area (Å²) in [6.45, 7) is 4.15. The highest BCUT2D eigenvalue weighted by Gasteiger charge is 2.53. The minimum Gasteiger partial charge on any atom is -0.369 e. The summed E-state index contributed by atoms with van der Waals surface area (Å²) in [5.74, 6) is 2.79. The molecule has 0 aliphatic heterocycles. The van der Waals surface area contributed by atoms with Crippen LogP contribution in [0.25, 0.3) is 5.65 Å². The fourth-order valence-electron chi connectivity index (χ4n) is 3.23. The zero-order valence-corrected chi connectivity index (χ0v) is 12.6. The van der Waals surface area contributed by atoms with Gasteiger partial charge in [-0.1, -0.05) is 6.92 Å². The van der Waals surface area contributed by atoms with E-state index >= 15 is 0 Å². The van der Waals surface area contributed by atoms with Gasteiger partial charge < -0.3 is 15.0 Å². The Hall–Kier alpha value is -1.78. The molecule has 21 heavy (non-hydrogen) atoms. The Morgan fingerprint density at radius 2 is 2.19 bits per heavy atom. The van der Waals surface area contributed by atoms with Crippen LogP contribution in [0.5, 0.6) is 0 Å². The average Bonchev–Trinajstić information content (AvgIpc) is 3.40. The molecule has 2 N–H and O–H groups in total. The smallest absolute Gasteiger partial charge is 0.180 e. The van der Waals surface area contributed by atoms with Gasteiger partial charge in [0.1, 0.15) is 5.82 Å². The van der Waals surface area contributed by atoms with Gasteiger partial charge in [0, 0.05) is 25.5 Å². The van der Waals surface area contributed by atoms with Gasteiger partial charge in [0.25, 0.3) is 0 Å². The molecule has 5 nitrogen and oxygen atoms in total. The number of rotatable bonds is 7. The number of nitrogens with zero attached hydrogens (tertiary/aromatic N) is 3. The van der Waals surface area contributed by atoms with Crippen molar-refractivity contribution in [1.82, 2.24) is 14.4 Å². The van der Waals surface area contributed by atoms with Gasteiger partial charge in [-0.15, -0.1) is 0 Å². The first-order valence-electron chi connectivity index (χ1n) is 8.12. The zero-order valence-electron chi connectivity index (χ0n) is 12.6. The van der Waals surface area contributed by atoms with Crippen LogP contribution in [0.4, 0.5) is 11.6 Å². The van der Waals surface area contributed by atoms with Crippen LogP contribution in [0, 0.1) is 11.3 Å².